The summed E-state index contributed by atoms with van der Waals surface area (Å²) in [5, 5.41) is 3.23. The molecule has 0 radical (unpaired) electrons. The van der Waals surface area contributed by atoms with Gasteiger partial charge in [0, 0.05) is 23.5 Å². The number of carbonyl (C=O) groups excluding carboxylic acids is 2. The van der Waals surface area contributed by atoms with Crippen molar-refractivity contribution in [3.63, 3.8) is 0 Å². The molecule has 0 spiro atoms. The molecule has 0 bridgehead atoms. The van der Waals surface area contributed by atoms with Crippen LogP contribution in [-0.4, -0.2) is 33.0 Å². The lowest BCUT2D eigenvalue weighted by molar-refractivity contribution is -0.120. The number of carbonyl (C=O) groups is 2. The molecular formula is C20H27N3O2S. The Morgan fingerprint density at radius 1 is 1.12 bits per heavy atom. The van der Waals surface area contributed by atoms with Crippen molar-refractivity contribution in [3.8, 4) is 0 Å². The van der Waals surface area contributed by atoms with Gasteiger partial charge in [-0.1, -0.05) is 55.9 Å². The molecule has 6 heteroatoms. The zero-order valence-electron chi connectivity index (χ0n) is 16.0. The van der Waals surface area contributed by atoms with Crippen LogP contribution in [0.1, 0.15) is 62.6 Å². The number of hydrogen-bond acceptors (Lipinski definition) is 4. The SMILES string of the molecule is CC(C)c1cnc(S[C@H](C)C(=O)NCC(=O)c2ccccc2)n1C(C)C. The van der Waals surface area contributed by atoms with Gasteiger partial charge >= 0.3 is 0 Å². The van der Waals surface area contributed by atoms with Crippen LogP contribution in [0.2, 0.25) is 0 Å². The number of thioether (sulfide) groups is 1. The highest BCUT2D eigenvalue weighted by atomic mass is 32.2. The molecule has 1 heterocycles. The van der Waals surface area contributed by atoms with E-state index in [-0.39, 0.29) is 29.5 Å². The summed E-state index contributed by atoms with van der Waals surface area (Å²) >= 11 is 1.42. The molecule has 0 aliphatic heterocycles. The molecule has 2 rings (SSSR count). The van der Waals surface area contributed by atoms with E-state index in [0.717, 1.165) is 10.9 Å². The number of ketones is 1. The van der Waals surface area contributed by atoms with Crippen LogP contribution in [0.4, 0.5) is 0 Å². The first-order valence-electron chi connectivity index (χ1n) is 8.91. The van der Waals surface area contributed by atoms with Crippen molar-refractivity contribution in [1.82, 2.24) is 14.9 Å². The van der Waals surface area contributed by atoms with Crippen LogP contribution >= 0.6 is 11.8 Å². The zero-order valence-corrected chi connectivity index (χ0v) is 16.8. The highest BCUT2D eigenvalue weighted by Crippen LogP contribution is 2.29. The fraction of sp³-hybridized carbons (Fsp3) is 0.450. The first-order valence-corrected chi connectivity index (χ1v) is 9.79. The minimum Gasteiger partial charge on any atom is -0.348 e. The van der Waals surface area contributed by atoms with E-state index in [1.165, 1.54) is 11.8 Å². The van der Waals surface area contributed by atoms with Crippen molar-refractivity contribution >= 4 is 23.5 Å². The van der Waals surface area contributed by atoms with Crippen LogP contribution in [0.25, 0.3) is 0 Å². The minimum absolute atomic E-state index is 0.00358. The van der Waals surface area contributed by atoms with Gasteiger partial charge in [-0.3, -0.25) is 9.59 Å². The van der Waals surface area contributed by atoms with Crippen molar-refractivity contribution in [3.05, 3.63) is 47.8 Å². The van der Waals surface area contributed by atoms with Crippen molar-refractivity contribution in [1.29, 1.82) is 0 Å². The van der Waals surface area contributed by atoms with Gasteiger partial charge in [-0.25, -0.2) is 4.98 Å². The number of nitrogens with zero attached hydrogens (tertiary/aromatic N) is 2. The predicted molar refractivity (Wildman–Crippen MR) is 106 cm³/mol. The van der Waals surface area contributed by atoms with E-state index >= 15 is 0 Å². The Bertz CT molecular complexity index is 754. The third kappa shape index (κ3) is 4.97. The topological polar surface area (TPSA) is 64.0 Å². The normalized spacial score (nSPS) is 12.4. The van der Waals surface area contributed by atoms with E-state index in [1.807, 2.05) is 31.3 Å². The number of imidazole rings is 1. The maximum Gasteiger partial charge on any atom is 0.233 e. The highest BCUT2D eigenvalue weighted by molar-refractivity contribution is 8.00. The molecule has 0 aliphatic carbocycles. The summed E-state index contributed by atoms with van der Waals surface area (Å²) in [6.45, 7) is 10.3. The molecule has 5 nitrogen and oxygen atoms in total. The summed E-state index contributed by atoms with van der Waals surface area (Å²) in [6.07, 6.45) is 1.89. The standard InChI is InChI=1S/C20H27N3O2S/c1-13(2)17-11-22-20(23(17)14(3)4)26-15(5)19(25)21-12-18(24)16-9-7-6-8-10-16/h6-11,13-15H,12H2,1-5H3,(H,21,25)/t15-/m1/s1. The molecule has 1 aromatic carbocycles. The molecule has 0 aliphatic rings. The van der Waals surface area contributed by atoms with Crippen molar-refractivity contribution < 1.29 is 9.59 Å². The van der Waals surface area contributed by atoms with Gasteiger partial charge in [0.1, 0.15) is 0 Å². The van der Waals surface area contributed by atoms with Crippen LogP contribution in [0.5, 0.6) is 0 Å². The van der Waals surface area contributed by atoms with Crippen molar-refractivity contribution in [2.24, 2.45) is 0 Å². The molecule has 140 valence electrons. The van der Waals surface area contributed by atoms with Gasteiger partial charge < -0.3 is 9.88 Å². The van der Waals surface area contributed by atoms with Gasteiger partial charge in [-0.05, 0) is 26.7 Å². The van der Waals surface area contributed by atoms with Gasteiger partial charge in [-0.2, -0.15) is 0 Å². The van der Waals surface area contributed by atoms with E-state index in [4.69, 9.17) is 0 Å². The first-order chi connectivity index (χ1) is 12.3. The van der Waals surface area contributed by atoms with Crippen molar-refractivity contribution in [2.75, 3.05) is 6.54 Å². The Morgan fingerprint density at radius 3 is 2.35 bits per heavy atom. The van der Waals surface area contributed by atoms with Crippen LogP contribution in [-0.2, 0) is 4.79 Å². The van der Waals surface area contributed by atoms with Crippen LogP contribution in [0.3, 0.4) is 0 Å². The number of aromatic nitrogens is 2. The molecule has 0 saturated carbocycles. The van der Waals surface area contributed by atoms with Crippen LogP contribution in [0, 0.1) is 0 Å². The highest BCUT2D eigenvalue weighted by Gasteiger charge is 2.21. The Hall–Kier alpha value is -2.08. The number of benzene rings is 1. The molecule has 2 aromatic rings. The minimum atomic E-state index is -0.335. The Labute approximate surface area is 159 Å². The number of Topliss-reactive ketones (excluding diaryl/α,β-unsaturated/α-hetero) is 1. The van der Waals surface area contributed by atoms with Crippen LogP contribution in [0.15, 0.2) is 41.7 Å². The zero-order chi connectivity index (χ0) is 19.3. The van der Waals surface area contributed by atoms with Gasteiger partial charge in [0.2, 0.25) is 5.91 Å². The fourth-order valence-corrected chi connectivity index (χ4v) is 3.69. The average Bonchev–Trinajstić information content (AvgIpc) is 3.04. The molecule has 0 saturated heterocycles. The van der Waals surface area contributed by atoms with Gasteiger partial charge in [-0.15, -0.1) is 0 Å². The second-order valence-corrected chi connectivity index (χ2v) is 8.16. The van der Waals surface area contributed by atoms with Gasteiger partial charge in [0.05, 0.1) is 11.8 Å². The fourth-order valence-electron chi connectivity index (χ4n) is 2.64. The molecule has 1 aromatic heterocycles. The molecule has 1 N–H and O–H groups in total. The summed E-state index contributed by atoms with van der Waals surface area (Å²) < 4.78 is 2.17. The maximum atomic E-state index is 12.4. The number of rotatable bonds is 8. The predicted octanol–water partition coefficient (Wildman–Crippen LogP) is 4.07. The Balaban J connectivity index is 1.98. The number of amides is 1. The molecule has 26 heavy (non-hydrogen) atoms. The molecule has 1 amide bonds. The summed E-state index contributed by atoms with van der Waals surface area (Å²) in [6, 6.07) is 9.25. The summed E-state index contributed by atoms with van der Waals surface area (Å²) in [4.78, 5) is 29.0. The number of nitrogens with one attached hydrogen (secondary N) is 1. The van der Waals surface area contributed by atoms with Crippen LogP contribution < -0.4 is 5.32 Å². The second kappa shape index (κ2) is 9.03. The lowest BCUT2D eigenvalue weighted by Crippen LogP contribution is -2.35. The number of hydrogen-bond donors (Lipinski definition) is 1. The van der Waals surface area contributed by atoms with Gasteiger partial charge in [0.15, 0.2) is 10.9 Å². The summed E-state index contributed by atoms with van der Waals surface area (Å²) in [7, 11) is 0. The van der Waals surface area contributed by atoms with Crippen molar-refractivity contribution in [2.45, 2.75) is 57.0 Å². The van der Waals surface area contributed by atoms with E-state index in [1.54, 1.807) is 12.1 Å². The summed E-state index contributed by atoms with van der Waals surface area (Å²) in [5.41, 5.74) is 1.76. The smallest absolute Gasteiger partial charge is 0.233 e. The lowest BCUT2D eigenvalue weighted by atomic mass is 10.1. The van der Waals surface area contributed by atoms with E-state index in [9.17, 15) is 9.59 Å². The third-order valence-electron chi connectivity index (χ3n) is 4.07. The molecular weight excluding hydrogens is 346 g/mol. The summed E-state index contributed by atoms with van der Waals surface area (Å²) in [5.74, 6) is 0.109. The second-order valence-electron chi connectivity index (χ2n) is 6.85. The quantitative estimate of drug-likeness (QED) is 0.560. The van der Waals surface area contributed by atoms with E-state index < -0.39 is 0 Å². The van der Waals surface area contributed by atoms with E-state index in [2.05, 4.69) is 42.6 Å². The molecule has 0 fully saturated rings. The van der Waals surface area contributed by atoms with E-state index in [0.29, 0.717) is 11.5 Å². The Kier molecular flexibility index (Phi) is 7.03. The average molecular weight is 374 g/mol. The molecule has 0 unspecified atom stereocenters. The molecule has 1 atom stereocenters. The van der Waals surface area contributed by atoms with Gasteiger partial charge in [0.25, 0.3) is 0 Å². The lowest BCUT2D eigenvalue weighted by Gasteiger charge is -2.19. The Morgan fingerprint density at radius 2 is 1.77 bits per heavy atom. The largest absolute Gasteiger partial charge is 0.348 e. The first kappa shape index (κ1) is 20.2. The maximum absolute atomic E-state index is 12.4. The third-order valence-corrected chi connectivity index (χ3v) is 5.15. The monoisotopic (exact) mass is 373 g/mol.